The average molecular weight is 357 g/mol. The number of alkyl halides is 2. The highest BCUT2D eigenvalue weighted by Crippen LogP contribution is 2.27. The maximum absolute atomic E-state index is 13.1. The molecule has 1 aromatic carbocycles. The Bertz CT molecular complexity index is 676. The smallest absolute Gasteiger partial charge is 0.277 e. The molecule has 0 bridgehead atoms. The van der Waals surface area contributed by atoms with Gasteiger partial charge in [0.1, 0.15) is 0 Å². The molecule has 0 aliphatic carbocycles. The fraction of sp³-hybridized carbons (Fsp3) is 0.333. The number of carbonyl (C=O) groups excluding carboxylic acids is 1. The molecule has 2 aromatic rings. The number of halogens is 2. The number of rotatable bonds is 7. The van der Waals surface area contributed by atoms with Gasteiger partial charge in [-0.3, -0.25) is 4.79 Å². The molecule has 1 aromatic heterocycles. The number of benzene rings is 1. The van der Waals surface area contributed by atoms with Crippen LogP contribution in [-0.4, -0.2) is 29.9 Å². The minimum absolute atomic E-state index is 0.372. The van der Waals surface area contributed by atoms with E-state index in [0.717, 1.165) is 15.6 Å². The van der Waals surface area contributed by atoms with Gasteiger partial charge < -0.3 is 11.1 Å². The second-order valence-electron chi connectivity index (χ2n) is 4.89. The van der Waals surface area contributed by atoms with Crippen LogP contribution in [0.25, 0.3) is 0 Å². The first kappa shape index (κ1) is 17.8. The molecule has 0 spiro atoms. The van der Waals surface area contributed by atoms with Gasteiger partial charge in [-0.05, 0) is 19.1 Å². The molecule has 8 heteroatoms. The van der Waals surface area contributed by atoms with E-state index in [0.29, 0.717) is 11.3 Å². The van der Waals surface area contributed by atoms with Crippen LogP contribution in [0.1, 0.15) is 21.1 Å². The van der Waals surface area contributed by atoms with Gasteiger partial charge in [0, 0.05) is 16.0 Å². The predicted molar refractivity (Wildman–Crippen MR) is 89.2 cm³/mol. The van der Waals surface area contributed by atoms with Gasteiger partial charge in [-0.1, -0.05) is 12.1 Å². The number of nitrogens with one attached hydrogen (secondary N) is 1. The molecule has 4 nitrogen and oxygen atoms in total. The van der Waals surface area contributed by atoms with E-state index in [9.17, 15) is 13.6 Å². The normalized spacial score (nSPS) is 11.5. The zero-order valence-corrected chi connectivity index (χ0v) is 14.1. The molecule has 0 saturated heterocycles. The summed E-state index contributed by atoms with van der Waals surface area (Å²) in [5, 5.41) is 5.18. The van der Waals surface area contributed by atoms with Gasteiger partial charge in [-0.2, -0.15) is 0 Å². The average Bonchev–Trinajstić information content (AvgIpc) is 2.96. The van der Waals surface area contributed by atoms with Gasteiger partial charge in [0.25, 0.3) is 11.8 Å². The number of thioether (sulfide) groups is 1. The van der Waals surface area contributed by atoms with Crippen molar-refractivity contribution in [2.45, 2.75) is 23.5 Å². The summed E-state index contributed by atoms with van der Waals surface area (Å²) in [5.74, 6) is -3.01. The van der Waals surface area contributed by atoms with E-state index in [4.69, 9.17) is 5.73 Å². The van der Waals surface area contributed by atoms with Gasteiger partial charge in [0.15, 0.2) is 0 Å². The van der Waals surface area contributed by atoms with Crippen molar-refractivity contribution in [1.29, 1.82) is 0 Å². The molecule has 0 aliphatic rings. The Balaban J connectivity index is 2.03. The summed E-state index contributed by atoms with van der Waals surface area (Å²) in [7, 11) is 0. The highest BCUT2D eigenvalue weighted by molar-refractivity contribution is 7.98. The van der Waals surface area contributed by atoms with Crippen molar-refractivity contribution in [3.63, 3.8) is 0 Å². The third kappa shape index (κ3) is 5.26. The monoisotopic (exact) mass is 357 g/mol. The van der Waals surface area contributed by atoms with Crippen molar-refractivity contribution < 1.29 is 13.6 Å². The van der Waals surface area contributed by atoms with E-state index >= 15 is 0 Å². The van der Waals surface area contributed by atoms with Crippen molar-refractivity contribution in [3.8, 4) is 0 Å². The number of hydrogen-bond donors (Lipinski definition) is 2. The summed E-state index contributed by atoms with van der Waals surface area (Å²) >= 11 is 3.02. The molecule has 0 atom stereocenters. The number of nitrogens with two attached hydrogens (primary N) is 1. The largest absolute Gasteiger partial charge is 0.346 e. The molecule has 1 heterocycles. The van der Waals surface area contributed by atoms with Crippen LogP contribution in [0.4, 0.5) is 8.78 Å². The Morgan fingerprint density at radius 2 is 2.17 bits per heavy atom. The number of aryl methyl sites for hydroxylation is 1. The first-order valence-electron chi connectivity index (χ1n) is 6.90. The van der Waals surface area contributed by atoms with Crippen molar-refractivity contribution in [2.24, 2.45) is 5.73 Å². The number of hydrogen-bond acceptors (Lipinski definition) is 5. The van der Waals surface area contributed by atoms with Gasteiger partial charge in [-0.15, -0.1) is 23.1 Å². The van der Waals surface area contributed by atoms with E-state index in [-0.39, 0.29) is 0 Å². The summed E-state index contributed by atoms with van der Waals surface area (Å²) in [6.45, 7) is 0.358. The van der Waals surface area contributed by atoms with Crippen LogP contribution in [0.3, 0.4) is 0 Å². The fourth-order valence-electron chi connectivity index (χ4n) is 1.78. The molecule has 1 amide bonds. The standard InChI is InChI=1S/C15H17F2N3OS2/c1-10-20-11(6-22-10)7-23-13-5-3-2-4-12(13)14(21)19-9-15(16,17)8-18/h2-6H,7-9,18H2,1H3,(H,19,21). The van der Waals surface area contributed by atoms with Crippen LogP contribution in [0.2, 0.25) is 0 Å². The third-order valence-corrected chi connectivity index (χ3v) is 4.91. The Kier molecular flexibility index (Phi) is 6.09. The van der Waals surface area contributed by atoms with Gasteiger partial charge >= 0.3 is 0 Å². The molecular formula is C15H17F2N3OS2. The number of carbonyl (C=O) groups is 1. The lowest BCUT2D eigenvalue weighted by Crippen LogP contribution is -2.41. The number of amides is 1. The van der Waals surface area contributed by atoms with Crippen molar-refractivity contribution in [2.75, 3.05) is 13.1 Å². The summed E-state index contributed by atoms with van der Waals surface area (Å²) in [4.78, 5) is 17.2. The van der Waals surface area contributed by atoms with E-state index < -0.39 is 24.9 Å². The van der Waals surface area contributed by atoms with Crippen LogP contribution in [0.5, 0.6) is 0 Å². The lowest BCUT2D eigenvalue weighted by Gasteiger charge is -2.15. The Hall–Kier alpha value is -1.51. The molecule has 124 valence electrons. The van der Waals surface area contributed by atoms with E-state index in [1.54, 1.807) is 35.6 Å². The molecule has 2 rings (SSSR count). The molecule has 0 fully saturated rings. The highest BCUT2D eigenvalue weighted by atomic mass is 32.2. The van der Waals surface area contributed by atoms with E-state index in [1.165, 1.54) is 11.8 Å². The lowest BCUT2D eigenvalue weighted by molar-refractivity contribution is 0.0118. The summed E-state index contributed by atoms with van der Waals surface area (Å²) in [6, 6.07) is 6.91. The van der Waals surface area contributed by atoms with E-state index in [2.05, 4.69) is 10.3 Å². The Labute approximate surface area is 141 Å². The summed E-state index contributed by atoms with van der Waals surface area (Å²) in [5.41, 5.74) is 6.27. The molecule has 23 heavy (non-hydrogen) atoms. The van der Waals surface area contributed by atoms with Gasteiger partial charge in [0.05, 0.1) is 29.4 Å². The van der Waals surface area contributed by atoms with Crippen molar-refractivity contribution in [3.05, 3.63) is 45.9 Å². The first-order chi connectivity index (χ1) is 10.9. The number of nitrogens with zero attached hydrogens (tertiary/aromatic N) is 1. The van der Waals surface area contributed by atoms with Crippen LogP contribution < -0.4 is 11.1 Å². The maximum atomic E-state index is 13.1. The number of thiazole rings is 1. The number of aromatic nitrogens is 1. The third-order valence-electron chi connectivity index (χ3n) is 2.98. The van der Waals surface area contributed by atoms with Crippen LogP contribution in [-0.2, 0) is 5.75 Å². The predicted octanol–water partition coefficient (Wildman–Crippen LogP) is 3.07. The molecule has 3 N–H and O–H groups in total. The zero-order chi connectivity index (χ0) is 16.9. The topological polar surface area (TPSA) is 68.0 Å². The maximum Gasteiger partial charge on any atom is 0.277 e. The Morgan fingerprint density at radius 3 is 2.83 bits per heavy atom. The van der Waals surface area contributed by atoms with Crippen LogP contribution >= 0.6 is 23.1 Å². The van der Waals surface area contributed by atoms with Gasteiger partial charge in [-0.25, -0.2) is 13.8 Å². The van der Waals surface area contributed by atoms with Crippen molar-refractivity contribution >= 4 is 29.0 Å². The summed E-state index contributed by atoms with van der Waals surface area (Å²) < 4.78 is 26.3. The fourth-order valence-corrected chi connectivity index (χ4v) is 3.44. The minimum atomic E-state index is -3.10. The molecule has 0 aliphatic heterocycles. The summed E-state index contributed by atoms with van der Waals surface area (Å²) in [6.07, 6.45) is 0. The SMILES string of the molecule is Cc1nc(CSc2ccccc2C(=O)NCC(F)(F)CN)cs1. The van der Waals surface area contributed by atoms with Crippen LogP contribution in [0.15, 0.2) is 34.5 Å². The molecular weight excluding hydrogens is 340 g/mol. The lowest BCUT2D eigenvalue weighted by atomic mass is 10.2. The zero-order valence-electron chi connectivity index (χ0n) is 12.5. The minimum Gasteiger partial charge on any atom is -0.346 e. The second kappa shape index (κ2) is 7.85. The Morgan fingerprint density at radius 1 is 1.43 bits per heavy atom. The molecule has 0 unspecified atom stereocenters. The molecule has 0 saturated carbocycles. The quantitative estimate of drug-likeness (QED) is 0.748. The van der Waals surface area contributed by atoms with Crippen molar-refractivity contribution in [1.82, 2.24) is 10.3 Å². The van der Waals surface area contributed by atoms with Gasteiger partial charge in [0.2, 0.25) is 0 Å². The second-order valence-corrected chi connectivity index (χ2v) is 6.96. The van der Waals surface area contributed by atoms with Crippen LogP contribution in [0, 0.1) is 6.92 Å². The van der Waals surface area contributed by atoms with E-state index in [1.807, 2.05) is 12.3 Å². The molecule has 0 radical (unpaired) electrons. The first-order valence-corrected chi connectivity index (χ1v) is 8.77. The highest BCUT2D eigenvalue weighted by Gasteiger charge is 2.27.